The first-order valence-corrected chi connectivity index (χ1v) is 9.34. The molecule has 12 nitrogen and oxygen atoms in total. The van der Waals surface area contributed by atoms with Crippen LogP contribution in [0.5, 0.6) is 0 Å². The predicted octanol–water partition coefficient (Wildman–Crippen LogP) is 0.477. The van der Waals surface area contributed by atoms with E-state index in [4.69, 9.17) is 0 Å². The number of imide groups is 2. The molecule has 3 aliphatic rings. The Hall–Kier alpha value is -3.83. The van der Waals surface area contributed by atoms with Gasteiger partial charge in [-0.1, -0.05) is 19.3 Å². The van der Waals surface area contributed by atoms with Gasteiger partial charge < -0.3 is 5.32 Å². The van der Waals surface area contributed by atoms with Crippen LogP contribution in [0.15, 0.2) is 18.2 Å². The number of nitrogens with one attached hydrogen (secondary N) is 2. The fourth-order valence-electron chi connectivity index (χ4n) is 4.06. The van der Waals surface area contributed by atoms with Gasteiger partial charge >= 0.3 is 6.03 Å². The van der Waals surface area contributed by atoms with Crippen LogP contribution in [0.25, 0.3) is 0 Å². The number of hydrazine groups is 1. The minimum Gasteiger partial charge on any atom is -0.322 e. The number of nitrogens with zero attached hydrogens (tertiary/aromatic N) is 3. The van der Waals surface area contributed by atoms with Crippen LogP contribution in [0.4, 0.5) is 10.5 Å². The Morgan fingerprint density at radius 2 is 1.77 bits per heavy atom. The van der Waals surface area contributed by atoms with Crippen molar-refractivity contribution < 1.29 is 28.9 Å². The summed E-state index contributed by atoms with van der Waals surface area (Å²) in [7, 11) is 0. The van der Waals surface area contributed by atoms with E-state index in [0.717, 1.165) is 37.5 Å². The van der Waals surface area contributed by atoms with Gasteiger partial charge in [0.15, 0.2) is 0 Å². The van der Waals surface area contributed by atoms with Gasteiger partial charge in [-0.05, 0) is 18.9 Å². The molecule has 1 saturated heterocycles. The molecule has 12 heteroatoms. The van der Waals surface area contributed by atoms with Crippen molar-refractivity contribution in [3.05, 3.63) is 39.4 Å². The Morgan fingerprint density at radius 1 is 1.10 bits per heavy atom. The molecular weight excluding hydrogens is 398 g/mol. The lowest BCUT2D eigenvalue weighted by molar-refractivity contribution is -0.384. The Balaban J connectivity index is 1.46. The molecule has 0 radical (unpaired) electrons. The van der Waals surface area contributed by atoms with E-state index in [1.54, 1.807) is 0 Å². The average molecular weight is 415 g/mol. The molecule has 0 atom stereocenters. The molecule has 0 unspecified atom stereocenters. The minimum absolute atomic E-state index is 0.0606. The zero-order valence-corrected chi connectivity index (χ0v) is 15.7. The number of benzene rings is 1. The first-order valence-electron chi connectivity index (χ1n) is 9.34. The summed E-state index contributed by atoms with van der Waals surface area (Å²) in [5.74, 6) is -3.15. The van der Waals surface area contributed by atoms with Crippen LogP contribution in [0.1, 0.15) is 52.8 Å². The Morgan fingerprint density at radius 3 is 2.43 bits per heavy atom. The third-order valence-corrected chi connectivity index (χ3v) is 5.57. The molecule has 1 saturated carbocycles. The van der Waals surface area contributed by atoms with Crippen molar-refractivity contribution in [1.82, 2.24) is 20.7 Å². The number of rotatable bonds is 4. The molecule has 1 aliphatic carbocycles. The molecule has 2 N–H and O–H groups in total. The average Bonchev–Trinajstić information content (AvgIpc) is 3.08. The third-order valence-electron chi connectivity index (χ3n) is 5.57. The normalized spacial score (nSPS) is 19.9. The van der Waals surface area contributed by atoms with Crippen molar-refractivity contribution in [2.45, 2.75) is 37.6 Å². The number of carbonyl (C=O) groups excluding carboxylic acids is 5. The van der Waals surface area contributed by atoms with E-state index in [0.29, 0.717) is 22.8 Å². The molecule has 2 aliphatic heterocycles. The molecule has 1 spiro atoms. The van der Waals surface area contributed by atoms with Crippen LogP contribution in [-0.4, -0.2) is 56.6 Å². The largest absolute Gasteiger partial charge is 0.344 e. The zero-order chi connectivity index (χ0) is 21.6. The highest BCUT2D eigenvalue weighted by Crippen LogP contribution is 2.33. The number of nitro groups is 1. The van der Waals surface area contributed by atoms with Gasteiger partial charge in [0.25, 0.3) is 29.3 Å². The highest BCUT2D eigenvalue weighted by atomic mass is 16.6. The third kappa shape index (κ3) is 2.96. The molecule has 4 rings (SSSR count). The molecule has 2 fully saturated rings. The molecule has 1 aromatic rings. The second-order valence-electron chi connectivity index (χ2n) is 7.43. The Kier molecular flexibility index (Phi) is 4.48. The highest BCUT2D eigenvalue weighted by molar-refractivity contribution is 6.22. The van der Waals surface area contributed by atoms with E-state index in [1.807, 2.05) is 0 Å². The fraction of sp³-hybridized carbons (Fsp3) is 0.389. The van der Waals surface area contributed by atoms with E-state index < -0.39 is 46.7 Å². The number of urea groups is 1. The van der Waals surface area contributed by atoms with Gasteiger partial charge in [-0.2, -0.15) is 5.01 Å². The number of hydrogen-bond donors (Lipinski definition) is 2. The molecule has 1 aromatic carbocycles. The van der Waals surface area contributed by atoms with E-state index in [-0.39, 0.29) is 16.8 Å². The molecule has 30 heavy (non-hydrogen) atoms. The number of carbonyl (C=O) groups is 5. The molecule has 0 aromatic heterocycles. The van der Waals surface area contributed by atoms with Gasteiger partial charge in [-0.3, -0.25) is 39.6 Å². The molecule has 0 bridgehead atoms. The number of nitro benzene ring substituents is 1. The lowest BCUT2D eigenvalue weighted by Crippen LogP contribution is -2.52. The number of hydrogen-bond acceptors (Lipinski definition) is 7. The second kappa shape index (κ2) is 6.90. The van der Waals surface area contributed by atoms with Crippen molar-refractivity contribution in [2.24, 2.45) is 0 Å². The van der Waals surface area contributed by atoms with Crippen LogP contribution in [0.3, 0.4) is 0 Å². The van der Waals surface area contributed by atoms with Gasteiger partial charge in [-0.15, -0.1) is 0 Å². The summed E-state index contributed by atoms with van der Waals surface area (Å²) in [6.45, 7) is -0.746. The summed E-state index contributed by atoms with van der Waals surface area (Å²) in [4.78, 5) is 73.0. The number of fused-ring (bicyclic) bond motifs is 1. The summed E-state index contributed by atoms with van der Waals surface area (Å²) >= 11 is 0. The lowest BCUT2D eigenvalue weighted by atomic mass is 9.82. The first kappa shape index (κ1) is 19.5. The van der Waals surface area contributed by atoms with E-state index in [9.17, 15) is 34.1 Å². The maximum atomic E-state index is 12.7. The van der Waals surface area contributed by atoms with Crippen LogP contribution in [0.2, 0.25) is 0 Å². The van der Waals surface area contributed by atoms with Gasteiger partial charge in [0.2, 0.25) is 0 Å². The summed E-state index contributed by atoms with van der Waals surface area (Å²) < 4.78 is 0. The van der Waals surface area contributed by atoms with E-state index in [2.05, 4.69) is 10.7 Å². The minimum atomic E-state index is -1.03. The zero-order valence-electron chi connectivity index (χ0n) is 15.7. The molecule has 156 valence electrons. The number of non-ortho nitro benzene ring substituents is 1. The van der Waals surface area contributed by atoms with Gasteiger partial charge in [-0.25, -0.2) is 4.79 Å². The van der Waals surface area contributed by atoms with Crippen LogP contribution >= 0.6 is 0 Å². The van der Waals surface area contributed by atoms with Crippen molar-refractivity contribution >= 4 is 35.3 Å². The summed E-state index contributed by atoms with van der Waals surface area (Å²) in [6.07, 6.45) is 3.45. The highest BCUT2D eigenvalue weighted by Gasteiger charge is 2.52. The standard InChI is InChI=1S/C18H17N5O7/c24-13(20-22-16(27)18(19-17(22)28)6-2-1-3-7-18)9-21-14(25)11-5-4-10(23(29)30)8-12(11)15(21)26/h4-5,8H,1-3,6-7,9H2,(H,19,28)(H,20,24). The Labute approximate surface area is 169 Å². The monoisotopic (exact) mass is 415 g/mol. The van der Waals surface area contributed by atoms with E-state index >= 15 is 0 Å². The molecule has 2 heterocycles. The Bertz CT molecular complexity index is 1010. The second-order valence-corrected chi connectivity index (χ2v) is 7.43. The summed E-state index contributed by atoms with van der Waals surface area (Å²) in [5, 5.41) is 14.1. The van der Waals surface area contributed by atoms with Crippen molar-refractivity contribution in [3.63, 3.8) is 0 Å². The first-order chi connectivity index (χ1) is 14.2. The SMILES string of the molecule is O=C(CN1C(=O)c2ccc([N+](=O)[O-])cc2C1=O)NN1C(=O)NC2(CCCCC2)C1=O. The van der Waals surface area contributed by atoms with Gasteiger partial charge in [0.1, 0.15) is 12.1 Å². The molecular formula is C18H17N5O7. The smallest absolute Gasteiger partial charge is 0.322 e. The fourth-order valence-corrected chi connectivity index (χ4v) is 4.06. The van der Waals surface area contributed by atoms with Gasteiger partial charge in [0, 0.05) is 12.1 Å². The summed E-state index contributed by atoms with van der Waals surface area (Å²) in [6, 6.07) is 2.44. The van der Waals surface area contributed by atoms with Crippen LogP contribution in [-0.2, 0) is 9.59 Å². The molecule has 6 amide bonds. The van der Waals surface area contributed by atoms with Gasteiger partial charge in [0.05, 0.1) is 16.1 Å². The van der Waals surface area contributed by atoms with Crippen molar-refractivity contribution in [3.8, 4) is 0 Å². The van der Waals surface area contributed by atoms with E-state index in [1.165, 1.54) is 0 Å². The summed E-state index contributed by atoms with van der Waals surface area (Å²) in [5.41, 5.74) is 0.517. The van der Waals surface area contributed by atoms with Crippen LogP contribution in [0, 0.1) is 10.1 Å². The quantitative estimate of drug-likeness (QED) is 0.313. The maximum absolute atomic E-state index is 12.7. The lowest BCUT2D eigenvalue weighted by Gasteiger charge is -2.30. The topological polar surface area (TPSA) is 159 Å². The van der Waals surface area contributed by atoms with Crippen LogP contribution < -0.4 is 10.7 Å². The maximum Gasteiger partial charge on any atom is 0.344 e. The van der Waals surface area contributed by atoms with Crippen molar-refractivity contribution in [1.29, 1.82) is 0 Å². The predicted molar refractivity (Wildman–Crippen MR) is 97.8 cm³/mol. The van der Waals surface area contributed by atoms with Crippen molar-refractivity contribution in [2.75, 3.05) is 6.54 Å². The number of amides is 6.